The van der Waals surface area contributed by atoms with E-state index in [1.807, 2.05) is 71.3 Å². The number of hydrogen-bond donors (Lipinski definition) is 1. The first-order chi connectivity index (χ1) is 15.4. The molecule has 5 aromatic rings. The van der Waals surface area contributed by atoms with Crippen LogP contribution in [0.2, 0.25) is 0 Å². The number of fused-ring (bicyclic) bond motifs is 1. The van der Waals surface area contributed by atoms with Crippen molar-refractivity contribution < 1.29 is 12.8 Å². The van der Waals surface area contributed by atoms with Gasteiger partial charge in [-0.15, -0.1) is 0 Å². The first kappa shape index (κ1) is 20.1. The van der Waals surface area contributed by atoms with E-state index < -0.39 is 15.8 Å². The van der Waals surface area contributed by atoms with E-state index in [2.05, 4.69) is 0 Å². The molecule has 0 unspecified atom stereocenters. The van der Waals surface area contributed by atoms with Gasteiger partial charge in [0.1, 0.15) is 11.6 Å². The summed E-state index contributed by atoms with van der Waals surface area (Å²) in [6, 6.07) is 28.4. The van der Waals surface area contributed by atoms with Gasteiger partial charge in [-0.05, 0) is 48.0 Å². The van der Waals surface area contributed by atoms with Crippen LogP contribution in [-0.2, 0) is 10.0 Å². The summed E-state index contributed by atoms with van der Waals surface area (Å²) in [5, 5.41) is 5.37. The molecule has 7 heteroatoms. The van der Waals surface area contributed by atoms with Crippen molar-refractivity contribution in [3.05, 3.63) is 103 Å². The van der Waals surface area contributed by atoms with Crippen LogP contribution in [-0.4, -0.2) is 18.0 Å². The van der Waals surface area contributed by atoms with Crippen molar-refractivity contribution >= 4 is 21.1 Å². The fourth-order valence-corrected chi connectivity index (χ4v) is 4.58. The van der Waals surface area contributed by atoms with Crippen LogP contribution in [0.5, 0.6) is 0 Å². The molecular formula is C25H18FN3O2S. The van der Waals surface area contributed by atoms with Gasteiger partial charge >= 0.3 is 0 Å². The minimum absolute atomic E-state index is 0.135. The SMILES string of the molecule is NS(=O)(=O)c1ccc(F)cc1-c1ccc2c(c1)nc(-c1ccccc1)n2-c1ccccc1. The van der Waals surface area contributed by atoms with Gasteiger partial charge in [-0.3, -0.25) is 4.57 Å². The van der Waals surface area contributed by atoms with Crippen LogP contribution in [0.15, 0.2) is 102 Å². The predicted octanol–water partition coefficient (Wildman–Crippen LogP) is 5.15. The molecule has 2 N–H and O–H groups in total. The van der Waals surface area contributed by atoms with Gasteiger partial charge < -0.3 is 0 Å². The third-order valence-electron chi connectivity index (χ3n) is 5.26. The summed E-state index contributed by atoms with van der Waals surface area (Å²) in [6.45, 7) is 0. The summed E-state index contributed by atoms with van der Waals surface area (Å²) < 4.78 is 40.2. The first-order valence-electron chi connectivity index (χ1n) is 9.88. The third kappa shape index (κ3) is 3.57. The number of rotatable bonds is 4. The Morgan fingerprint density at radius 1 is 0.781 bits per heavy atom. The van der Waals surface area contributed by atoms with Gasteiger partial charge in [-0.1, -0.05) is 54.6 Å². The second kappa shape index (κ2) is 7.71. The summed E-state index contributed by atoms with van der Waals surface area (Å²) in [5.74, 6) is 0.196. The normalized spacial score (nSPS) is 11.7. The first-order valence-corrected chi connectivity index (χ1v) is 11.4. The number of nitrogens with zero attached hydrogens (tertiary/aromatic N) is 2. The zero-order valence-electron chi connectivity index (χ0n) is 16.8. The number of halogens is 1. The molecule has 0 aliphatic rings. The molecule has 32 heavy (non-hydrogen) atoms. The second-order valence-electron chi connectivity index (χ2n) is 7.36. The minimum atomic E-state index is -4.03. The van der Waals surface area contributed by atoms with Crippen molar-refractivity contribution in [3.63, 3.8) is 0 Å². The molecular weight excluding hydrogens is 425 g/mol. The second-order valence-corrected chi connectivity index (χ2v) is 8.89. The van der Waals surface area contributed by atoms with E-state index >= 15 is 0 Å². The van der Waals surface area contributed by atoms with Gasteiger partial charge in [-0.2, -0.15) is 0 Å². The van der Waals surface area contributed by atoms with E-state index in [-0.39, 0.29) is 10.5 Å². The van der Waals surface area contributed by atoms with E-state index in [1.165, 1.54) is 12.1 Å². The van der Waals surface area contributed by atoms with Crippen molar-refractivity contribution in [1.29, 1.82) is 0 Å². The Morgan fingerprint density at radius 2 is 1.47 bits per heavy atom. The Kier molecular flexibility index (Phi) is 4.84. The molecule has 0 fully saturated rings. The monoisotopic (exact) mass is 443 g/mol. The number of sulfonamides is 1. The number of benzene rings is 4. The molecule has 0 saturated carbocycles. The highest BCUT2D eigenvalue weighted by Gasteiger charge is 2.19. The molecule has 0 atom stereocenters. The molecule has 0 aliphatic heterocycles. The van der Waals surface area contributed by atoms with Gasteiger partial charge in [0.05, 0.1) is 15.9 Å². The Balaban J connectivity index is 1.78. The molecule has 0 spiro atoms. The van der Waals surface area contributed by atoms with Gasteiger partial charge in [0, 0.05) is 16.8 Å². The average Bonchev–Trinajstić information content (AvgIpc) is 3.18. The summed E-state index contributed by atoms with van der Waals surface area (Å²) in [5.41, 5.74) is 4.08. The van der Waals surface area contributed by atoms with Crippen molar-refractivity contribution in [2.75, 3.05) is 0 Å². The van der Waals surface area contributed by atoms with Crippen LogP contribution >= 0.6 is 0 Å². The molecule has 0 saturated heterocycles. The Hall–Kier alpha value is -3.81. The average molecular weight is 444 g/mol. The van der Waals surface area contributed by atoms with Crippen LogP contribution < -0.4 is 5.14 Å². The predicted molar refractivity (Wildman–Crippen MR) is 123 cm³/mol. The van der Waals surface area contributed by atoms with Crippen LogP contribution in [0.25, 0.3) is 39.2 Å². The molecule has 4 aromatic carbocycles. The molecule has 5 rings (SSSR count). The van der Waals surface area contributed by atoms with Gasteiger partial charge in [0.2, 0.25) is 10.0 Å². The van der Waals surface area contributed by atoms with Crippen molar-refractivity contribution in [2.45, 2.75) is 4.90 Å². The number of hydrogen-bond acceptors (Lipinski definition) is 3. The Labute approximate surface area is 184 Å². The van der Waals surface area contributed by atoms with Crippen LogP contribution in [0.4, 0.5) is 4.39 Å². The molecule has 1 heterocycles. The fraction of sp³-hybridized carbons (Fsp3) is 0. The lowest BCUT2D eigenvalue weighted by atomic mass is 10.0. The van der Waals surface area contributed by atoms with Crippen molar-refractivity contribution in [2.24, 2.45) is 5.14 Å². The van der Waals surface area contributed by atoms with E-state index in [4.69, 9.17) is 10.1 Å². The van der Waals surface area contributed by atoms with Crippen LogP contribution in [0, 0.1) is 5.82 Å². The Morgan fingerprint density at radius 3 is 2.16 bits per heavy atom. The summed E-state index contributed by atoms with van der Waals surface area (Å²) in [7, 11) is -4.03. The smallest absolute Gasteiger partial charge is 0.238 e. The van der Waals surface area contributed by atoms with Crippen molar-refractivity contribution in [3.8, 4) is 28.2 Å². The van der Waals surface area contributed by atoms with E-state index in [0.717, 1.165) is 28.7 Å². The van der Waals surface area contributed by atoms with Gasteiger partial charge in [0.15, 0.2) is 0 Å². The lowest BCUT2D eigenvalue weighted by Gasteiger charge is -2.10. The van der Waals surface area contributed by atoms with Crippen LogP contribution in [0.3, 0.4) is 0 Å². The lowest BCUT2D eigenvalue weighted by molar-refractivity contribution is 0.597. The minimum Gasteiger partial charge on any atom is -0.292 e. The maximum absolute atomic E-state index is 14.0. The summed E-state index contributed by atoms with van der Waals surface area (Å²) in [4.78, 5) is 4.71. The number of para-hydroxylation sites is 1. The standard InChI is InChI=1S/C25H18FN3O2S/c26-19-12-14-24(32(27,30)31)21(16-19)18-11-13-23-22(15-18)28-25(17-7-3-1-4-8-17)29(23)20-9-5-2-6-10-20/h1-16H,(H2,27,30,31). The van der Waals surface area contributed by atoms with Crippen LogP contribution in [0.1, 0.15) is 0 Å². The number of nitrogens with two attached hydrogens (primary N) is 1. The largest absolute Gasteiger partial charge is 0.292 e. The molecule has 0 amide bonds. The highest BCUT2D eigenvalue weighted by atomic mass is 32.2. The number of primary sulfonamides is 1. The molecule has 0 aliphatic carbocycles. The zero-order valence-corrected chi connectivity index (χ0v) is 17.6. The highest BCUT2D eigenvalue weighted by molar-refractivity contribution is 7.89. The van der Waals surface area contributed by atoms with Gasteiger partial charge in [0.25, 0.3) is 0 Å². The molecule has 0 radical (unpaired) electrons. The fourth-order valence-electron chi connectivity index (χ4n) is 3.84. The van der Waals surface area contributed by atoms with E-state index in [0.29, 0.717) is 11.1 Å². The third-order valence-corrected chi connectivity index (χ3v) is 6.23. The number of aromatic nitrogens is 2. The van der Waals surface area contributed by atoms with Crippen molar-refractivity contribution in [1.82, 2.24) is 9.55 Å². The van der Waals surface area contributed by atoms with E-state index in [1.54, 1.807) is 12.1 Å². The number of imidazole rings is 1. The quantitative estimate of drug-likeness (QED) is 0.417. The zero-order chi connectivity index (χ0) is 22.3. The molecule has 1 aromatic heterocycles. The topological polar surface area (TPSA) is 78.0 Å². The Bertz CT molecular complexity index is 1550. The molecule has 0 bridgehead atoms. The molecule has 158 valence electrons. The van der Waals surface area contributed by atoms with E-state index in [9.17, 15) is 12.8 Å². The molecule has 5 nitrogen and oxygen atoms in total. The maximum atomic E-state index is 14.0. The van der Waals surface area contributed by atoms with Gasteiger partial charge in [-0.25, -0.2) is 22.9 Å². The summed E-state index contributed by atoms with van der Waals surface area (Å²) in [6.07, 6.45) is 0. The highest BCUT2D eigenvalue weighted by Crippen LogP contribution is 2.33. The lowest BCUT2D eigenvalue weighted by Crippen LogP contribution is -2.13. The summed E-state index contributed by atoms with van der Waals surface area (Å²) >= 11 is 0. The maximum Gasteiger partial charge on any atom is 0.238 e.